The number of rotatable bonds is 5. The van der Waals surface area contributed by atoms with Gasteiger partial charge in [0.15, 0.2) is 0 Å². The molecule has 0 aliphatic heterocycles. The lowest BCUT2D eigenvalue weighted by Crippen LogP contribution is -2.35. The van der Waals surface area contributed by atoms with Crippen LogP contribution in [0.25, 0.3) is 0 Å². The molecule has 0 aliphatic rings. The summed E-state index contributed by atoms with van der Waals surface area (Å²) in [4.78, 5) is 13.7. The van der Waals surface area contributed by atoms with Gasteiger partial charge in [-0.1, -0.05) is 30.4 Å². The summed E-state index contributed by atoms with van der Waals surface area (Å²) in [6, 6.07) is 9.31. The van der Waals surface area contributed by atoms with Crippen LogP contribution < -0.4 is 11.1 Å². The fraction of sp³-hybridized carbons (Fsp3) is 0.273. The van der Waals surface area contributed by atoms with Crippen LogP contribution in [0, 0.1) is 0 Å². The molecule has 0 bridgehead atoms. The summed E-state index contributed by atoms with van der Waals surface area (Å²) in [5, 5.41) is 2.78. The van der Waals surface area contributed by atoms with Crippen LogP contribution in [0.15, 0.2) is 30.3 Å². The molecule has 16 heavy (non-hydrogen) atoms. The lowest BCUT2D eigenvalue weighted by molar-refractivity contribution is -0.116. The van der Waals surface area contributed by atoms with Gasteiger partial charge in [0, 0.05) is 12.2 Å². The van der Waals surface area contributed by atoms with E-state index in [1.165, 1.54) is 0 Å². The molecule has 0 atom stereocenters. The van der Waals surface area contributed by atoms with E-state index in [0.717, 1.165) is 5.69 Å². The number of nitrogens with two attached hydrogens (primary N) is 1. The first-order valence-electron chi connectivity index (χ1n) is 4.89. The van der Waals surface area contributed by atoms with Gasteiger partial charge in [-0.05, 0) is 19.2 Å². The second-order valence-electron chi connectivity index (χ2n) is 3.55. The number of hydrogen-bond donors (Lipinski definition) is 2. The van der Waals surface area contributed by atoms with E-state index in [9.17, 15) is 4.79 Å². The van der Waals surface area contributed by atoms with E-state index in [-0.39, 0.29) is 12.5 Å². The largest absolute Gasteiger partial charge is 0.392 e. The third-order valence-electron chi connectivity index (χ3n) is 1.90. The minimum atomic E-state index is -0.0787. The molecular formula is C11H15N3OS. The molecule has 1 amide bonds. The number of amides is 1. The van der Waals surface area contributed by atoms with Gasteiger partial charge >= 0.3 is 0 Å². The Bertz CT molecular complexity index is 367. The number of anilines is 1. The maximum Gasteiger partial charge on any atom is 0.238 e. The molecule has 0 unspecified atom stereocenters. The molecule has 86 valence electrons. The standard InChI is InChI=1S/C11H15N3OS/c1-14(7-10(12)16)8-11(15)13-9-5-3-2-4-6-9/h2-6H,7-8H2,1H3,(H2,12,16)(H,13,15). The molecular weight excluding hydrogens is 222 g/mol. The lowest BCUT2D eigenvalue weighted by atomic mass is 10.3. The third-order valence-corrected chi connectivity index (χ3v) is 2.03. The van der Waals surface area contributed by atoms with Gasteiger partial charge in [0.05, 0.1) is 11.5 Å². The van der Waals surface area contributed by atoms with E-state index in [4.69, 9.17) is 18.0 Å². The van der Waals surface area contributed by atoms with E-state index >= 15 is 0 Å². The Morgan fingerprint density at radius 3 is 2.56 bits per heavy atom. The summed E-state index contributed by atoms with van der Waals surface area (Å²) >= 11 is 4.76. The zero-order chi connectivity index (χ0) is 12.0. The molecule has 0 fully saturated rings. The SMILES string of the molecule is CN(CC(=O)Nc1ccccc1)CC(N)=S. The van der Waals surface area contributed by atoms with E-state index in [0.29, 0.717) is 11.5 Å². The summed E-state index contributed by atoms with van der Waals surface area (Å²) in [6.07, 6.45) is 0. The Hall–Kier alpha value is -1.46. The van der Waals surface area contributed by atoms with Gasteiger partial charge in [0.1, 0.15) is 0 Å². The highest BCUT2D eigenvalue weighted by Gasteiger charge is 2.07. The molecule has 0 saturated heterocycles. The number of para-hydroxylation sites is 1. The average Bonchev–Trinajstić information content (AvgIpc) is 2.17. The predicted molar refractivity (Wildman–Crippen MR) is 69.4 cm³/mol. The summed E-state index contributed by atoms with van der Waals surface area (Å²) in [7, 11) is 1.80. The third kappa shape index (κ3) is 4.86. The van der Waals surface area contributed by atoms with Gasteiger partial charge in [0.25, 0.3) is 0 Å². The zero-order valence-corrected chi connectivity index (χ0v) is 9.96. The fourth-order valence-corrected chi connectivity index (χ4v) is 1.51. The Morgan fingerprint density at radius 2 is 2.00 bits per heavy atom. The molecule has 1 rings (SSSR count). The first-order valence-corrected chi connectivity index (χ1v) is 5.30. The van der Waals surface area contributed by atoms with Crippen LogP contribution in [-0.2, 0) is 4.79 Å². The summed E-state index contributed by atoms with van der Waals surface area (Å²) in [5.74, 6) is -0.0787. The van der Waals surface area contributed by atoms with Gasteiger partial charge in [-0.2, -0.15) is 0 Å². The number of nitrogens with zero attached hydrogens (tertiary/aromatic N) is 1. The van der Waals surface area contributed by atoms with Crippen LogP contribution in [0.2, 0.25) is 0 Å². The van der Waals surface area contributed by atoms with Crippen LogP contribution in [0.5, 0.6) is 0 Å². The van der Waals surface area contributed by atoms with E-state index < -0.39 is 0 Å². The van der Waals surface area contributed by atoms with E-state index in [1.54, 1.807) is 11.9 Å². The molecule has 3 N–H and O–H groups in total. The molecule has 4 nitrogen and oxygen atoms in total. The number of benzene rings is 1. The maximum absolute atomic E-state index is 11.6. The van der Waals surface area contributed by atoms with Crippen LogP contribution in [-0.4, -0.2) is 35.9 Å². The zero-order valence-electron chi connectivity index (χ0n) is 9.14. The van der Waals surface area contributed by atoms with Crippen molar-refractivity contribution in [2.45, 2.75) is 0 Å². The van der Waals surface area contributed by atoms with Gasteiger partial charge in [-0.3, -0.25) is 9.69 Å². The highest BCUT2D eigenvalue weighted by Crippen LogP contribution is 2.04. The Balaban J connectivity index is 2.39. The lowest BCUT2D eigenvalue weighted by Gasteiger charge is -2.15. The molecule has 1 aromatic carbocycles. The predicted octanol–water partition coefficient (Wildman–Crippen LogP) is 0.843. The summed E-state index contributed by atoms with van der Waals surface area (Å²) in [6.45, 7) is 0.712. The van der Waals surface area contributed by atoms with Crippen LogP contribution >= 0.6 is 12.2 Å². The minimum absolute atomic E-state index is 0.0787. The summed E-state index contributed by atoms with van der Waals surface area (Å²) in [5.41, 5.74) is 6.17. The van der Waals surface area contributed by atoms with Gasteiger partial charge in [-0.25, -0.2) is 0 Å². The molecule has 1 aromatic rings. The number of likely N-dealkylation sites (N-methyl/N-ethyl adjacent to an activating group) is 1. The number of hydrogen-bond acceptors (Lipinski definition) is 3. The van der Waals surface area contributed by atoms with Crippen molar-refractivity contribution in [2.24, 2.45) is 5.73 Å². The first-order chi connectivity index (χ1) is 7.58. The van der Waals surface area contributed by atoms with Gasteiger partial charge < -0.3 is 11.1 Å². The van der Waals surface area contributed by atoms with E-state index in [2.05, 4.69) is 5.32 Å². The number of thiocarbonyl (C=S) groups is 1. The number of carbonyl (C=O) groups is 1. The van der Waals surface area contributed by atoms with Crippen LogP contribution in [0.4, 0.5) is 5.69 Å². The number of nitrogens with one attached hydrogen (secondary N) is 1. The van der Waals surface area contributed by atoms with Gasteiger partial charge in [-0.15, -0.1) is 0 Å². The van der Waals surface area contributed by atoms with Crippen molar-refractivity contribution in [2.75, 3.05) is 25.5 Å². The Kier molecular flexibility index (Phi) is 4.88. The average molecular weight is 237 g/mol. The quantitative estimate of drug-likeness (QED) is 0.745. The maximum atomic E-state index is 11.6. The monoisotopic (exact) mass is 237 g/mol. The summed E-state index contributed by atoms with van der Waals surface area (Å²) < 4.78 is 0. The second-order valence-corrected chi connectivity index (χ2v) is 4.08. The number of carbonyl (C=O) groups excluding carboxylic acids is 1. The minimum Gasteiger partial charge on any atom is -0.392 e. The van der Waals surface area contributed by atoms with Crippen LogP contribution in [0.3, 0.4) is 0 Å². The van der Waals surface area contributed by atoms with Crippen molar-refractivity contribution in [3.63, 3.8) is 0 Å². The van der Waals surface area contributed by atoms with Crippen molar-refractivity contribution < 1.29 is 4.79 Å². The van der Waals surface area contributed by atoms with Gasteiger partial charge in [0.2, 0.25) is 5.91 Å². The highest BCUT2D eigenvalue weighted by atomic mass is 32.1. The normalized spacial score (nSPS) is 10.1. The molecule has 0 heterocycles. The van der Waals surface area contributed by atoms with E-state index in [1.807, 2.05) is 30.3 Å². The first kappa shape index (κ1) is 12.6. The molecule has 5 heteroatoms. The second kappa shape index (κ2) is 6.19. The van der Waals surface area contributed by atoms with Crippen LogP contribution in [0.1, 0.15) is 0 Å². The fourth-order valence-electron chi connectivity index (χ4n) is 1.29. The molecule has 0 aliphatic carbocycles. The van der Waals surface area contributed by atoms with Crippen molar-refractivity contribution in [3.05, 3.63) is 30.3 Å². The molecule has 0 radical (unpaired) electrons. The molecule has 0 spiro atoms. The van der Waals surface area contributed by atoms with Crippen molar-refractivity contribution in [3.8, 4) is 0 Å². The molecule has 0 saturated carbocycles. The Morgan fingerprint density at radius 1 is 1.38 bits per heavy atom. The van der Waals surface area contributed by atoms with Crippen molar-refractivity contribution >= 4 is 28.8 Å². The van der Waals surface area contributed by atoms with Crippen molar-refractivity contribution in [1.82, 2.24) is 4.90 Å². The smallest absolute Gasteiger partial charge is 0.238 e. The Labute approximate surface area is 100 Å². The van der Waals surface area contributed by atoms with Crippen molar-refractivity contribution in [1.29, 1.82) is 0 Å². The highest BCUT2D eigenvalue weighted by molar-refractivity contribution is 7.80. The molecule has 0 aromatic heterocycles. The topological polar surface area (TPSA) is 58.4 Å².